The lowest BCUT2D eigenvalue weighted by Gasteiger charge is -2.35. The number of thioether (sulfide) groups is 1. The van der Waals surface area contributed by atoms with E-state index >= 15 is 0 Å². The first kappa shape index (κ1) is 18.8. The van der Waals surface area contributed by atoms with E-state index in [9.17, 15) is 8.42 Å². The van der Waals surface area contributed by atoms with Crippen molar-refractivity contribution in [2.75, 3.05) is 31.1 Å². The van der Waals surface area contributed by atoms with Gasteiger partial charge in [-0.3, -0.25) is 4.90 Å². The SMILES string of the molecule is O=S(=O)(NCC1CCN([C@@H]2CCSC2)CC1)c1ccc2c(c1)CCCC2. The number of hydrogen-bond donors (Lipinski definition) is 1. The van der Waals surface area contributed by atoms with Crippen molar-refractivity contribution in [1.29, 1.82) is 0 Å². The van der Waals surface area contributed by atoms with Crippen molar-refractivity contribution in [3.05, 3.63) is 29.3 Å². The van der Waals surface area contributed by atoms with Crippen molar-refractivity contribution in [1.82, 2.24) is 9.62 Å². The van der Waals surface area contributed by atoms with Crippen molar-refractivity contribution in [2.24, 2.45) is 5.92 Å². The van der Waals surface area contributed by atoms with Crippen LogP contribution >= 0.6 is 11.8 Å². The van der Waals surface area contributed by atoms with Crippen molar-refractivity contribution in [2.45, 2.75) is 55.9 Å². The minimum absolute atomic E-state index is 0.443. The molecule has 1 aromatic rings. The van der Waals surface area contributed by atoms with Crippen LogP contribution in [0, 0.1) is 5.92 Å². The normalized spacial score (nSPS) is 25.3. The lowest BCUT2D eigenvalue weighted by Crippen LogP contribution is -2.43. The second-order valence-corrected chi connectivity index (χ2v) is 10.9. The van der Waals surface area contributed by atoms with Gasteiger partial charge in [0.05, 0.1) is 4.90 Å². The van der Waals surface area contributed by atoms with Gasteiger partial charge in [0.2, 0.25) is 10.0 Å². The molecular formula is C20H30N2O2S2. The Morgan fingerprint density at radius 2 is 1.85 bits per heavy atom. The largest absolute Gasteiger partial charge is 0.300 e. The molecule has 2 heterocycles. The number of rotatable bonds is 5. The van der Waals surface area contributed by atoms with Crippen LogP contribution in [0.4, 0.5) is 0 Å². The summed E-state index contributed by atoms with van der Waals surface area (Å²) in [5.74, 6) is 3.04. The quantitative estimate of drug-likeness (QED) is 0.834. The smallest absolute Gasteiger partial charge is 0.240 e. The average Bonchev–Trinajstić information content (AvgIpc) is 3.21. The fraction of sp³-hybridized carbons (Fsp3) is 0.700. The first-order valence-electron chi connectivity index (χ1n) is 10.0. The number of aryl methyl sites for hydroxylation is 2. The molecule has 0 amide bonds. The standard InChI is InChI=1S/C20H30N2O2S2/c23-26(24,20-6-5-17-3-1-2-4-18(17)13-20)21-14-16-7-10-22(11-8-16)19-9-12-25-15-19/h5-6,13,16,19,21H,1-4,7-12,14-15H2/t19-/m1/s1. The Balaban J connectivity index is 1.31. The molecule has 2 aliphatic heterocycles. The lowest BCUT2D eigenvalue weighted by molar-refractivity contribution is 0.145. The number of piperidine rings is 1. The number of fused-ring (bicyclic) bond motifs is 1. The van der Waals surface area contributed by atoms with Crippen LogP contribution in [0.2, 0.25) is 0 Å². The van der Waals surface area contributed by atoms with Crippen molar-refractivity contribution >= 4 is 21.8 Å². The molecule has 2 saturated heterocycles. The maximum absolute atomic E-state index is 12.7. The second-order valence-electron chi connectivity index (χ2n) is 7.99. The number of nitrogens with one attached hydrogen (secondary N) is 1. The highest BCUT2D eigenvalue weighted by Crippen LogP contribution is 2.27. The van der Waals surface area contributed by atoms with Crippen LogP contribution < -0.4 is 4.72 Å². The monoisotopic (exact) mass is 394 g/mol. The summed E-state index contributed by atoms with van der Waals surface area (Å²) in [7, 11) is -3.39. The Kier molecular flexibility index (Phi) is 5.93. The Labute approximate surface area is 162 Å². The van der Waals surface area contributed by atoms with Crippen LogP contribution in [0.15, 0.2) is 23.1 Å². The fourth-order valence-electron chi connectivity index (χ4n) is 4.52. The van der Waals surface area contributed by atoms with E-state index in [4.69, 9.17) is 0 Å². The molecular weight excluding hydrogens is 364 g/mol. The van der Waals surface area contributed by atoms with E-state index in [1.807, 2.05) is 12.1 Å². The lowest BCUT2D eigenvalue weighted by atomic mass is 9.92. The van der Waals surface area contributed by atoms with E-state index in [-0.39, 0.29) is 0 Å². The third-order valence-corrected chi connectivity index (χ3v) is 8.83. The van der Waals surface area contributed by atoms with Crippen LogP contribution in [-0.2, 0) is 22.9 Å². The number of likely N-dealkylation sites (tertiary alicyclic amines) is 1. The van der Waals surface area contributed by atoms with Gasteiger partial charge >= 0.3 is 0 Å². The van der Waals surface area contributed by atoms with Gasteiger partial charge in [0.25, 0.3) is 0 Å². The van der Waals surface area contributed by atoms with Gasteiger partial charge in [-0.25, -0.2) is 13.1 Å². The average molecular weight is 395 g/mol. The molecule has 4 nitrogen and oxygen atoms in total. The van der Waals surface area contributed by atoms with E-state index in [0.29, 0.717) is 17.4 Å². The van der Waals surface area contributed by atoms with Gasteiger partial charge in [0, 0.05) is 18.3 Å². The minimum Gasteiger partial charge on any atom is -0.300 e. The third-order valence-electron chi connectivity index (χ3n) is 6.26. The van der Waals surface area contributed by atoms with Crippen molar-refractivity contribution < 1.29 is 8.42 Å². The highest BCUT2D eigenvalue weighted by atomic mass is 32.2. The van der Waals surface area contributed by atoms with Gasteiger partial charge < -0.3 is 0 Å². The predicted molar refractivity (Wildman–Crippen MR) is 108 cm³/mol. The minimum atomic E-state index is -3.39. The Morgan fingerprint density at radius 3 is 2.58 bits per heavy atom. The molecule has 1 aromatic carbocycles. The Bertz CT molecular complexity index is 721. The van der Waals surface area contributed by atoms with E-state index < -0.39 is 10.0 Å². The summed E-state index contributed by atoms with van der Waals surface area (Å²) >= 11 is 2.06. The zero-order valence-electron chi connectivity index (χ0n) is 15.5. The maximum atomic E-state index is 12.7. The van der Waals surface area contributed by atoms with Crippen LogP contribution in [0.5, 0.6) is 0 Å². The van der Waals surface area contributed by atoms with Gasteiger partial charge in [-0.05, 0) is 93.0 Å². The predicted octanol–water partition coefficient (Wildman–Crippen LogP) is 3.06. The Hall–Kier alpha value is -0.560. The summed E-state index contributed by atoms with van der Waals surface area (Å²) in [4.78, 5) is 3.06. The van der Waals surface area contributed by atoms with Crippen LogP contribution in [-0.4, -0.2) is 50.5 Å². The molecule has 2 fully saturated rings. The van der Waals surface area contributed by atoms with Gasteiger partial charge in [-0.15, -0.1) is 0 Å². The highest BCUT2D eigenvalue weighted by molar-refractivity contribution is 7.99. The molecule has 3 aliphatic rings. The van der Waals surface area contributed by atoms with E-state index in [2.05, 4.69) is 21.4 Å². The molecule has 6 heteroatoms. The molecule has 1 N–H and O–H groups in total. The summed E-state index contributed by atoms with van der Waals surface area (Å²) in [5, 5.41) is 0. The molecule has 144 valence electrons. The first-order valence-corrected chi connectivity index (χ1v) is 12.7. The molecule has 1 aliphatic carbocycles. The maximum Gasteiger partial charge on any atom is 0.240 e. The second kappa shape index (κ2) is 8.21. The Morgan fingerprint density at radius 1 is 1.08 bits per heavy atom. The molecule has 1 atom stereocenters. The summed E-state index contributed by atoms with van der Waals surface area (Å²) in [5.41, 5.74) is 2.55. The summed E-state index contributed by atoms with van der Waals surface area (Å²) < 4.78 is 28.3. The number of nitrogens with zero attached hydrogens (tertiary/aromatic N) is 1. The highest BCUT2D eigenvalue weighted by Gasteiger charge is 2.28. The van der Waals surface area contributed by atoms with Crippen LogP contribution in [0.25, 0.3) is 0 Å². The number of benzene rings is 1. The van der Waals surface area contributed by atoms with E-state index in [1.165, 1.54) is 41.9 Å². The zero-order valence-corrected chi connectivity index (χ0v) is 17.1. The van der Waals surface area contributed by atoms with Crippen LogP contribution in [0.3, 0.4) is 0 Å². The number of sulfonamides is 1. The molecule has 0 spiro atoms. The fourth-order valence-corrected chi connectivity index (χ4v) is 6.94. The molecule has 0 bridgehead atoms. The van der Waals surface area contributed by atoms with Gasteiger partial charge in [-0.2, -0.15) is 11.8 Å². The third kappa shape index (κ3) is 4.29. The zero-order chi connectivity index (χ0) is 18.0. The van der Waals surface area contributed by atoms with Crippen molar-refractivity contribution in [3.63, 3.8) is 0 Å². The van der Waals surface area contributed by atoms with E-state index in [0.717, 1.165) is 44.8 Å². The number of hydrogen-bond acceptors (Lipinski definition) is 4. The van der Waals surface area contributed by atoms with Crippen molar-refractivity contribution in [3.8, 4) is 0 Å². The molecule has 0 aromatic heterocycles. The summed E-state index contributed by atoms with van der Waals surface area (Å²) in [6, 6.07) is 6.46. The molecule has 0 radical (unpaired) electrons. The molecule has 4 rings (SSSR count). The summed E-state index contributed by atoms with van der Waals surface area (Å²) in [6.45, 7) is 2.82. The summed E-state index contributed by atoms with van der Waals surface area (Å²) in [6.07, 6.45) is 8.01. The van der Waals surface area contributed by atoms with Gasteiger partial charge in [-0.1, -0.05) is 6.07 Å². The molecule has 0 unspecified atom stereocenters. The topological polar surface area (TPSA) is 49.4 Å². The first-order chi connectivity index (χ1) is 12.6. The van der Waals surface area contributed by atoms with E-state index in [1.54, 1.807) is 6.07 Å². The van der Waals surface area contributed by atoms with Crippen LogP contribution in [0.1, 0.15) is 43.2 Å². The van der Waals surface area contributed by atoms with Gasteiger partial charge in [0.1, 0.15) is 0 Å². The van der Waals surface area contributed by atoms with Gasteiger partial charge in [0.15, 0.2) is 0 Å². The molecule has 0 saturated carbocycles. The molecule has 26 heavy (non-hydrogen) atoms.